The predicted molar refractivity (Wildman–Crippen MR) is 37.2 cm³/mol. The molecule has 9 heavy (non-hydrogen) atoms. The molecule has 1 rings (SSSR count). The molecule has 2 nitrogen and oxygen atoms in total. The van der Waals surface area contributed by atoms with Crippen LogP contribution in [0, 0.1) is 0 Å². The van der Waals surface area contributed by atoms with Gasteiger partial charge in [-0.2, -0.15) is 0 Å². The third-order valence-corrected chi connectivity index (χ3v) is 1.60. The van der Waals surface area contributed by atoms with Crippen molar-refractivity contribution < 1.29 is 4.74 Å². The summed E-state index contributed by atoms with van der Waals surface area (Å²) in [5.74, 6) is 0. The zero-order valence-corrected chi connectivity index (χ0v) is 5.76. The molecule has 1 atom stereocenters. The van der Waals surface area contributed by atoms with Crippen molar-refractivity contribution in [2.45, 2.75) is 19.4 Å². The summed E-state index contributed by atoms with van der Waals surface area (Å²) in [6.07, 6.45) is 3.64. The van der Waals surface area contributed by atoms with Crippen LogP contribution in [0.1, 0.15) is 13.3 Å². The molecule has 0 bridgehead atoms. The van der Waals surface area contributed by atoms with E-state index in [4.69, 9.17) is 10.5 Å². The SMILES string of the molecule is CC1=CC[C@H]1OCCN. The van der Waals surface area contributed by atoms with Gasteiger partial charge in [-0.1, -0.05) is 6.08 Å². The zero-order valence-electron chi connectivity index (χ0n) is 5.76. The second-order valence-corrected chi connectivity index (χ2v) is 2.33. The highest BCUT2D eigenvalue weighted by Gasteiger charge is 2.16. The fourth-order valence-electron chi connectivity index (χ4n) is 0.860. The van der Waals surface area contributed by atoms with Crippen LogP contribution in [0.2, 0.25) is 0 Å². The Labute approximate surface area is 55.7 Å². The van der Waals surface area contributed by atoms with Crippen molar-refractivity contribution in [1.82, 2.24) is 0 Å². The molecule has 0 aliphatic heterocycles. The van der Waals surface area contributed by atoms with E-state index in [0.717, 1.165) is 6.42 Å². The molecule has 0 aromatic heterocycles. The lowest BCUT2D eigenvalue weighted by Gasteiger charge is -2.24. The first kappa shape index (κ1) is 6.78. The van der Waals surface area contributed by atoms with Crippen LogP contribution in [-0.2, 0) is 4.74 Å². The van der Waals surface area contributed by atoms with E-state index < -0.39 is 0 Å². The molecule has 0 saturated carbocycles. The third-order valence-electron chi connectivity index (χ3n) is 1.60. The molecule has 0 heterocycles. The van der Waals surface area contributed by atoms with Crippen molar-refractivity contribution in [3.8, 4) is 0 Å². The highest BCUT2D eigenvalue weighted by Crippen LogP contribution is 2.21. The minimum atomic E-state index is 0.383. The van der Waals surface area contributed by atoms with E-state index in [2.05, 4.69) is 13.0 Å². The van der Waals surface area contributed by atoms with Gasteiger partial charge in [-0.15, -0.1) is 0 Å². The van der Waals surface area contributed by atoms with Crippen LogP contribution in [0.5, 0.6) is 0 Å². The van der Waals surface area contributed by atoms with Crippen molar-refractivity contribution in [2.24, 2.45) is 5.73 Å². The van der Waals surface area contributed by atoms with Gasteiger partial charge in [0, 0.05) is 6.54 Å². The first-order chi connectivity index (χ1) is 4.34. The van der Waals surface area contributed by atoms with E-state index >= 15 is 0 Å². The molecule has 1 aliphatic rings. The van der Waals surface area contributed by atoms with Gasteiger partial charge >= 0.3 is 0 Å². The number of rotatable bonds is 3. The van der Waals surface area contributed by atoms with Gasteiger partial charge in [-0.25, -0.2) is 0 Å². The molecule has 0 amide bonds. The van der Waals surface area contributed by atoms with Crippen molar-refractivity contribution >= 4 is 0 Å². The Morgan fingerprint density at radius 2 is 2.67 bits per heavy atom. The van der Waals surface area contributed by atoms with Gasteiger partial charge in [0.15, 0.2) is 0 Å². The average Bonchev–Trinajstić information content (AvgIpc) is 1.86. The highest BCUT2D eigenvalue weighted by molar-refractivity contribution is 5.16. The van der Waals surface area contributed by atoms with E-state index in [0.29, 0.717) is 19.3 Å². The van der Waals surface area contributed by atoms with E-state index in [1.54, 1.807) is 0 Å². The monoisotopic (exact) mass is 127 g/mol. The van der Waals surface area contributed by atoms with Crippen LogP contribution in [0.3, 0.4) is 0 Å². The van der Waals surface area contributed by atoms with Gasteiger partial charge in [-0.05, 0) is 18.9 Å². The van der Waals surface area contributed by atoms with Crippen LogP contribution in [0.15, 0.2) is 11.6 Å². The summed E-state index contributed by atoms with van der Waals surface area (Å²) in [6, 6.07) is 0. The minimum Gasteiger partial charge on any atom is -0.372 e. The van der Waals surface area contributed by atoms with Crippen LogP contribution in [-0.4, -0.2) is 19.3 Å². The highest BCUT2D eigenvalue weighted by atomic mass is 16.5. The molecule has 0 saturated heterocycles. The topological polar surface area (TPSA) is 35.2 Å². The Morgan fingerprint density at radius 1 is 1.89 bits per heavy atom. The summed E-state index contributed by atoms with van der Waals surface area (Å²) in [5.41, 5.74) is 6.61. The van der Waals surface area contributed by atoms with Crippen molar-refractivity contribution in [3.05, 3.63) is 11.6 Å². The van der Waals surface area contributed by atoms with Gasteiger partial charge in [-0.3, -0.25) is 0 Å². The minimum absolute atomic E-state index is 0.383. The quantitative estimate of drug-likeness (QED) is 0.566. The smallest absolute Gasteiger partial charge is 0.0817 e. The maximum absolute atomic E-state index is 5.35. The molecule has 0 fully saturated rings. The van der Waals surface area contributed by atoms with E-state index in [1.165, 1.54) is 5.57 Å². The van der Waals surface area contributed by atoms with E-state index in [9.17, 15) is 0 Å². The Morgan fingerprint density at radius 3 is 3.00 bits per heavy atom. The molecule has 0 unspecified atom stereocenters. The summed E-state index contributed by atoms with van der Waals surface area (Å²) >= 11 is 0. The van der Waals surface area contributed by atoms with Gasteiger partial charge in [0.25, 0.3) is 0 Å². The Bertz CT molecular complexity index is 120. The fraction of sp³-hybridized carbons (Fsp3) is 0.714. The van der Waals surface area contributed by atoms with Gasteiger partial charge < -0.3 is 10.5 Å². The summed E-state index contributed by atoms with van der Waals surface area (Å²) in [4.78, 5) is 0. The standard InChI is InChI=1S/C7H13NO/c1-6-2-3-7(6)9-5-4-8/h2,7H,3-5,8H2,1H3/t7-/m1/s1. The van der Waals surface area contributed by atoms with Crippen molar-refractivity contribution in [2.75, 3.05) is 13.2 Å². The molecule has 0 aromatic rings. The second kappa shape index (κ2) is 2.99. The summed E-state index contributed by atoms with van der Waals surface area (Å²) in [6.45, 7) is 3.41. The number of hydrogen-bond acceptors (Lipinski definition) is 2. The van der Waals surface area contributed by atoms with Crippen LogP contribution in [0.25, 0.3) is 0 Å². The predicted octanol–water partition coefficient (Wildman–Crippen LogP) is 0.680. The second-order valence-electron chi connectivity index (χ2n) is 2.33. The largest absolute Gasteiger partial charge is 0.372 e. The molecular formula is C7H13NO. The molecule has 2 N–H and O–H groups in total. The average molecular weight is 127 g/mol. The molecule has 0 radical (unpaired) electrons. The van der Waals surface area contributed by atoms with E-state index in [1.807, 2.05) is 0 Å². The number of hydrogen-bond donors (Lipinski definition) is 1. The Balaban J connectivity index is 2.09. The molecule has 2 heteroatoms. The van der Waals surface area contributed by atoms with E-state index in [-0.39, 0.29) is 0 Å². The first-order valence-electron chi connectivity index (χ1n) is 3.33. The molecular weight excluding hydrogens is 114 g/mol. The molecule has 0 spiro atoms. The third kappa shape index (κ3) is 1.53. The maximum atomic E-state index is 5.35. The lowest BCUT2D eigenvalue weighted by atomic mass is 9.97. The van der Waals surface area contributed by atoms with Gasteiger partial charge in [0.2, 0.25) is 0 Å². The zero-order chi connectivity index (χ0) is 6.69. The summed E-state index contributed by atoms with van der Waals surface area (Å²) in [7, 11) is 0. The van der Waals surface area contributed by atoms with Gasteiger partial charge in [0.1, 0.15) is 0 Å². The Hall–Kier alpha value is -0.340. The molecule has 52 valence electrons. The Kier molecular flexibility index (Phi) is 2.25. The fourth-order valence-corrected chi connectivity index (χ4v) is 0.860. The number of nitrogens with two attached hydrogens (primary N) is 1. The summed E-state index contributed by atoms with van der Waals surface area (Å²) in [5, 5.41) is 0. The van der Waals surface area contributed by atoms with Crippen LogP contribution >= 0.6 is 0 Å². The first-order valence-corrected chi connectivity index (χ1v) is 3.33. The summed E-state index contributed by atoms with van der Waals surface area (Å²) < 4.78 is 5.35. The lowest BCUT2D eigenvalue weighted by molar-refractivity contribution is 0.0732. The molecule has 0 aromatic carbocycles. The van der Waals surface area contributed by atoms with Crippen molar-refractivity contribution in [3.63, 3.8) is 0 Å². The molecule has 1 aliphatic carbocycles. The lowest BCUT2D eigenvalue weighted by Crippen LogP contribution is -2.23. The van der Waals surface area contributed by atoms with Crippen LogP contribution < -0.4 is 5.73 Å². The van der Waals surface area contributed by atoms with Crippen molar-refractivity contribution in [1.29, 1.82) is 0 Å². The normalized spacial score (nSPS) is 25.1. The number of ether oxygens (including phenoxy) is 1. The van der Waals surface area contributed by atoms with Gasteiger partial charge in [0.05, 0.1) is 12.7 Å². The maximum Gasteiger partial charge on any atom is 0.0817 e. The van der Waals surface area contributed by atoms with Crippen LogP contribution in [0.4, 0.5) is 0 Å².